The van der Waals surface area contributed by atoms with Gasteiger partial charge in [0, 0.05) is 72.7 Å². The van der Waals surface area contributed by atoms with Crippen molar-refractivity contribution in [2.45, 2.75) is 97.3 Å². The Morgan fingerprint density at radius 3 is 2.28 bits per heavy atom. The minimum absolute atomic E-state index is 0.0197. The third-order valence-corrected chi connectivity index (χ3v) is 8.59. The highest BCUT2D eigenvalue weighted by Crippen LogP contribution is 2.43. The van der Waals surface area contributed by atoms with E-state index >= 15 is 0 Å². The van der Waals surface area contributed by atoms with Crippen molar-refractivity contribution in [3.63, 3.8) is 0 Å². The van der Waals surface area contributed by atoms with Gasteiger partial charge >= 0.3 is 0 Å². The van der Waals surface area contributed by atoms with Crippen LogP contribution < -0.4 is 0 Å². The van der Waals surface area contributed by atoms with Crippen molar-refractivity contribution < 1.29 is 27.6 Å². The average Bonchev–Trinajstić information content (AvgIpc) is 3.35. The first-order valence-corrected chi connectivity index (χ1v) is 14.9. The van der Waals surface area contributed by atoms with Gasteiger partial charge in [0.1, 0.15) is 28.9 Å². The molecule has 43 heavy (non-hydrogen) atoms. The van der Waals surface area contributed by atoms with Crippen LogP contribution in [0.1, 0.15) is 87.5 Å². The molecule has 1 aromatic carbocycles. The van der Waals surface area contributed by atoms with Gasteiger partial charge in [-0.15, -0.1) is 0 Å². The maximum Gasteiger partial charge on any atom is 0.185 e. The Hall–Kier alpha value is -3.37. The Kier molecular flexibility index (Phi) is 8.64. The predicted octanol–water partition coefficient (Wildman–Crippen LogP) is 6.18. The summed E-state index contributed by atoms with van der Waals surface area (Å²) in [4.78, 5) is 38.8. The van der Waals surface area contributed by atoms with Crippen LogP contribution >= 0.6 is 0 Å². The maximum atomic E-state index is 14.3. The van der Waals surface area contributed by atoms with Gasteiger partial charge < -0.3 is 9.26 Å². The number of Topliss-reactive ketones (excluding diaryl/α,β-unsaturated/α-hetero) is 2. The molecule has 2 fully saturated rings. The summed E-state index contributed by atoms with van der Waals surface area (Å²) in [7, 11) is 0. The number of ketones is 2. The van der Waals surface area contributed by atoms with Crippen molar-refractivity contribution >= 4 is 11.6 Å². The van der Waals surface area contributed by atoms with E-state index in [2.05, 4.69) is 33.9 Å². The van der Waals surface area contributed by atoms with Crippen molar-refractivity contribution in [3.8, 4) is 11.3 Å². The van der Waals surface area contributed by atoms with Crippen LogP contribution in [-0.4, -0.2) is 62.9 Å². The lowest BCUT2D eigenvalue weighted by Gasteiger charge is -2.55. The van der Waals surface area contributed by atoms with Crippen molar-refractivity contribution in [1.29, 1.82) is 0 Å². The van der Waals surface area contributed by atoms with Gasteiger partial charge in [-0.3, -0.25) is 14.5 Å². The molecule has 4 heterocycles. The molecule has 3 aromatic rings. The van der Waals surface area contributed by atoms with Gasteiger partial charge in [0.25, 0.3) is 0 Å². The van der Waals surface area contributed by atoms with Crippen LogP contribution in [0, 0.1) is 30.9 Å². The molecule has 0 aliphatic carbocycles. The Morgan fingerprint density at radius 1 is 1.00 bits per heavy atom. The number of likely N-dealkylation sites (tertiary alicyclic amines) is 1. The third-order valence-electron chi connectivity index (χ3n) is 8.59. The first-order valence-electron chi connectivity index (χ1n) is 14.9. The van der Waals surface area contributed by atoms with Crippen LogP contribution in [-0.2, 0) is 14.9 Å². The Morgan fingerprint density at radius 2 is 1.65 bits per heavy atom. The second kappa shape index (κ2) is 12.0. The van der Waals surface area contributed by atoms with E-state index in [4.69, 9.17) is 9.26 Å². The van der Waals surface area contributed by atoms with Gasteiger partial charge in [0.2, 0.25) is 0 Å². The second-order valence-electron chi connectivity index (χ2n) is 13.3. The summed E-state index contributed by atoms with van der Waals surface area (Å²) < 4.78 is 38.9. The molecule has 2 atom stereocenters. The summed E-state index contributed by atoms with van der Waals surface area (Å²) in [5.74, 6) is -1.08. The number of hydrogen-bond acceptors (Lipinski definition) is 8. The smallest absolute Gasteiger partial charge is 0.185 e. The molecule has 2 aliphatic rings. The topological polar surface area (TPSA) is 98.4 Å². The van der Waals surface area contributed by atoms with Crippen molar-refractivity contribution in [3.05, 3.63) is 64.9 Å². The molecular formula is C33H40F2N4O4. The summed E-state index contributed by atoms with van der Waals surface area (Å²) >= 11 is 0. The van der Waals surface area contributed by atoms with Gasteiger partial charge in [0.05, 0.1) is 17.8 Å². The lowest BCUT2D eigenvalue weighted by Crippen LogP contribution is -2.62. The van der Waals surface area contributed by atoms with E-state index in [0.717, 1.165) is 36.4 Å². The van der Waals surface area contributed by atoms with Gasteiger partial charge in [-0.25, -0.2) is 18.7 Å². The number of rotatable bonds is 10. The summed E-state index contributed by atoms with van der Waals surface area (Å²) in [6.45, 7) is 13.1. The molecule has 0 radical (unpaired) electrons. The molecule has 5 rings (SSSR count). The highest BCUT2D eigenvalue weighted by Gasteiger charge is 2.49. The van der Waals surface area contributed by atoms with Gasteiger partial charge in [-0.1, -0.05) is 19.0 Å². The first-order chi connectivity index (χ1) is 20.2. The fraction of sp³-hybridized carbons (Fsp3) is 0.545. The summed E-state index contributed by atoms with van der Waals surface area (Å²) in [5, 5.41) is 3.91. The number of benzene rings is 1. The molecule has 0 bridgehead atoms. The normalized spacial score (nSPS) is 22.3. The second-order valence-corrected chi connectivity index (χ2v) is 13.3. The zero-order chi connectivity index (χ0) is 31.1. The third kappa shape index (κ3) is 7.07. The van der Waals surface area contributed by atoms with Crippen molar-refractivity contribution in [1.82, 2.24) is 20.0 Å². The fourth-order valence-electron chi connectivity index (χ4n) is 6.76. The molecule has 10 heteroatoms. The highest BCUT2D eigenvalue weighted by molar-refractivity contribution is 5.96. The van der Waals surface area contributed by atoms with E-state index < -0.39 is 22.5 Å². The summed E-state index contributed by atoms with van der Waals surface area (Å²) in [6, 6.07) is 6.73. The number of ether oxygens (including phenoxy) is 1. The fourth-order valence-corrected chi connectivity index (χ4v) is 6.76. The number of nitrogens with zero attached hydrogens (tertiary/aromatic N) is 4. The molecule has 8 nitrogen and oxygen atoms in total. The minimum Gasteiger partial charge on any atom is -0.375 e. The molecular weight excluding hydrogens is 554 g/mol. The minimum atomic E-state index is -0.804. The first kappa shape index (κ1) is 31.1. The summed E-state index contributed by atoms with van der Waals surface area (Å²) in [6.07, 6.45) is 2.66. The Balaban J connectivity index is 1.33. The standard InChI is InChI=1S/C33H40F2N4O4/c1-19-9-20(2)37-31(36-19)32(5,6)14-25(40)15-33(17-39(18-33)24-10-21(3)42-22(4)11-24)16-29(41)28-13-30(43-38-28)26-8-7-23(34)12-27(26)35/h7-9,12-13,21-22,24H,10-11,14-18H2,1-6H3. The Labute approximate surface area is 251 Å². The van der Waals surface area contributed by atoms with Crippen molar-refractivity contribution in [2.75, 3.05) is 13.1 Å². The molecule has 0 N–H and O–H groups in total. The van der Waals surface area contributed by atoms with E-state index in [1.807, 2.05) is 33.8 Å². The van der Waals surface area contributed by atoms with Crippen LogP contribution in [0.4, 0.5) is 8.78 Å². The van der Waals surface area contributed by atoms with Gasteiger partial charge in [0.15, 0.2) is 11.5 Å². The van der Waals surface area contributed by atoms with Crippen LogP contribution in [0.5, 0.6) is 0 Å². The molecule has 2 saturated heterocycles. The van der Waals surface area contributed by atoms with E-state index in [1.165, 1.54) is 12.1 Å². The number of halogens is 2. The lowest BCUT2D eigenvalue weighted by molar-refractivity contribution is -0.133. The zero-order valence-electron chi connectivity index (χ0n) is 25.7. The Bertz CT molecular complexity index is 1480. The number of hydrogen-bond donors (Lipinski definition) is 0. The van der Waals surface area contributed by atoms with Crippen LogP contribution in [0.3, 0.4) is 0 Å². The monoisotopic (exact) mass is 594 g/mol. The maximum absolute atomic E-state index is 14.3. The van der Waals surface area contributed by atoms with E-state index in [-0.39, 0.29) is 60.1 Å². The van der Waals surface area contributed by atoms with E-state index in [1.54, 1.807) is 0 Å². The molecule has 0 saturated carbocycles. The largest absolute Gasteiger partial charge is 0.375 e. The number of carbonyl (C=O) groups excluding carboxylic acids is 2. The quantitative estimate of drug-likeness (QED) is 0.257. The van der Waals surface area contributed by atoms with Crippen LogP contribution in [0.25, 0.3) is 11.3 Å². The molecule has 2 aromatic heterocycles. The van der Waals surface area contributed by atoms with E-state index in [0.29, 0.717) is 25.0 Å². The van der Waals surface area contributed by atoms with Gasteiger partial charge in [-0.2, -0.15) is 0 Å². The van der Waals surface area contributed by atoms with Crippen molar-refractivity contribution in [2.24, 2.45) is 5.41 Å². The molecule has 2 unspecified atom stereocenters. The molecule has 0 amide bonds. The molecule has 2 aliphatic heterocycles. The number of aromatic nitrogens is 3. The van der Waals surface area contributed by atoms with Gasteiger partial charge in [-0.05, 0) is 58.7 Å². The summed E-state index contributed by atoms with van der Waals surface area (Å²) in [5.41, 5.74) is 0.638. The lowest BCUT2D eigenvalue weighted by atomic mass is 9.69. The average molecular weight is 595 g/mol. The molecule has 0 spiro atoms. The van der Waals surface area contributed by atoms with E-state index in [9.17, 15) is 18.4 Å². The SMILES string of the molecule is Cc1cc(C)nc(C(C)(C)CC(=O)CC2(CC(=O)c3cc(-c4ccc(F)cc4F)on3)CN(C3CC(C)OC(C)C3)C2)n1. The van der Waals surface area contributed by atoms with Crippen LogP contribution in [0.2, 0.25) is 0 Å². The van der Waals surface area contributed by atoms with Crippen LogP contribution in [0.15, 0.2) is 34.9 Å². The number of aryl methyl sites for hydroxylation is 2. The highest BCUT2D eigenvalue weighted by atomic mass is 19.1. The predicted molar refractivity (Wildman–Crippen MR) is 157 cm³/mol. The zero-order valence-corrected chi connectivity index (χ0v) is 25.7. The number of carbonyl (C=O) groups is 2. The molecule has 230 valence electrons.